The molecular weight excluding hydrogens is 665 g/mol. The highest BCUT2D eigenvalue weighted by Gasteiger charge is 2.22. The van der Waals surface area contributed by atoms with E-state index in [1.807, 2.05) is 61.4 Å². The predicted octanol–water partition coefficient (Wildman–Crippen LogP) is 10.2. The van der Waals surface area contributed by atoms with Crippen molar-refractivity contribution in [1.29, 1.82) is 0 Å². The summed E-state index contributed by atoms with van der Waals surface area (Å²) < 4.78 is 0. The molecule has 0 spiro atoms. The van der Waals surface area contributed by atoms with Gasteiger partial charge in [-0.25, -0.2) is 39.9 Å². The zero-order chi connectivity index (χ0) is 36.1. The SMILES string of the molecule is c1ccc(-c2cccc(-c3c(-c4cccc(-c5cncnc5)c4)nc(-c4cccc(-c5cncnc5)c4)nc3-c3cccc(-c4cncnc4)c3)c2)cc1. The normalized spacial score (nSPS) is 11.0. The summed E-state index contributed by atoms with van der Waals surface area (Å²) in [6, 6.07) is 43.9. The minimum Gasteiger partial charge on any atom is -0.244 e. The molecule has 0 aliphatic rings. The third-order valence-corrected chi connectivity index (χ3v) is 9.24. The maximum absolute atomic E-state index is 5.43. The molecular formula is C46H30N8. The minimum absolute atomic E-state index is 0.587. The maximum atomic E-state index is 5.43. The molecule has 0 radical (unpaired) electrons. The van der Waals surface area contributed by atoms with E-state index in [1.54, 1.807) is 12.7 Å². The first kappa shape index (κ1) is 32.3. The van der Waals surface area contributed by atoms with Crippen LogP contribution in [-0.2, 0) is 0 Å². The van der Waals surface area contributed by atoms with Crippen LogP contribution in [0.15, 0.2) is 184 Å². The average Bonchev–Trinajstić information content (AvgIpc) is 3.27. The Morgan fingerprint density at radius 3 is 1.06 bits per heavy atom. The summed E-state index contributed by atoms with van der Waals surface area (Å²) in [4.78, 5) is 36.5. The van der Waals surface area contributed by atoms with Crippen LogP contribution in [0.3, 0.4) is 0 Å². The van der Waals surface area contributed by atoms with Crippen molar-refractivity contribution in [2.45, 2.75) is 0 Å². The van der Waals surface area contributed by atoms with Crippen molar-refractivity contribution < 1.29 is 0 Å². The molecule has 8 heteroatoms. The summed E-state index contributed by atoms with van der Waals surface area (Å²) in [5, 5.41) is 0. The van der Waals surface area contributed by atoms with Gasteiger partial charge >= 0.3 is 0 Å². The van der Waals surface area contributed by atoms with Crippen molar-refractivity contribution in [3.05, 3.63) is 184 Å². The van der Waals surface area contributed by atoms with E-state index in [2.05, 4.69) is 133 Å². The van der Waals surface area contributed by atoms with E-state index < -0.39 is 0 Å². The smallest absolute Gasteiger partial charge is 0.160 e. The van der Waals surface area contributed by atoms with Crippen molar-refractivity contribution >= 4 is 0 Å². The van der Waals surface area contributed by atoms with E-state index >= 15 is 0 Å². The topological polar surface area (TPSA) is 103 Å². The lowest BCUT2D eigenvalue weighted by Gasteiger charge is -2.19. The lowest BCUT2D eigenvalue weighted by molar-refractivity contribution is 1.17. The highest BCUT2D eigenvalue weighted by Crippen LogP contribution is 2.42. The second kappa shape index (κ2) is 14.6. The van der Waals surface area contributed by atoms with Crippen molar-refractivity contribution in [3.63, 3.8) is 0 Å². The number of hydrogen-bond donors (Lipinski definition) is 0. The Kier molecular flexibility index (Phi) is 8.73. The van der Waals surface area contributed by atoms with Gasteiger partial charge in [0.15, 0.2) is 5.82 Å². The van der Waals surface area contributed by atoms with Gasteiger partial charge in [-0.05, 0) is 57.6 Å². The van der Waals surface area contributed by atoms with E-state index in [1.165, 1.54) is 6.33 Å². The number of nitrogens with zero attached hydrogens (tertiary/aromatic N) is 8. The standard InChI is InChI=1S/C46H30N8/c1-2-8-31(9-3-1)32-10-4-14-36(18-32)43-44(37-15-5-11-33(19-37)40-22-47-28-48-23-40)53-46(39-17-7-13-35(21-39)42-26-51-30-52-27-42)54-45(43)38-16-6-12-34(20-38)41-24-49-29-50-25-41/h1-30H. The molecule has 54 heavy (non-hydrogen) atoms. The van der Waals surface area contributed by atoms with Crippen LogP contribution in [0.1, 0.15) is 0 Å². The molecule has 0 unspecified atom stereocenters. The Morgan fingerprint density at radius 1 is 0.259 bits per heavy atom. The van der Waals surface area contributed by atoms with Crippen LogP contribution < -0.4 is 0 Å². The van der Waals surface area contributed by atoms with E-state index in [4.69, 9.17) is 9.97 Å². The van der Waals surface area contributed by atoms with Crippen LogP contribution in [0.25, 0.3) is 89.5 Å². The molecule has 4 aromatic heterocycles. The van der Waals surface area contributed by atoms with Crippen molar-refractivity contribution in [1.82, 2.24) is 39.9 Å². The van der Waals surface area contributed by atoms with Crippen LogP contribution in [-0.4, -0.2) is 39.9 Å². The molecule has 9 rings (SSSR count). The van der Waals surface area contributed by atoms with Gasteiger partial charge in [-0.1, -0.05) is 103 Å². The van der Waals surface area contributed by atoms with Crippen molar-refractivity contribution in [3.8, 4) is 89.5 Å². The fourth-order valence-electron chi connectivity index (χ4n) is 6.64. The summed E-state index contributed by atoms with van der Waals surface area (Å²) in [5.74, 6) is 0.587. The summed E-state index contributed by atoms with van der Waals surface area (Å²) in [6.07, 6.45) is 15.5. The Labute approximate surface area is 312 Å². The lowest BCUT2D eigenvalue weighted by Crippen LogP contribution is -2.01. The second-order valence-electron chi connectivity index (χ2n) is 12.7. The van der Waals surface area contributed by atoms with Gasteiger partial charge in [0, 0.05) is 76.1 Å². The number of rotatable bonds is 8. The quantitative estimate of drug-likeness (QED) is 0.155. The van der Waals surface area contributed by atoms with Gasteiger partial charge in [0.25, 0.3) is 0 Å². The number of aromatic nitrogens is 8. The van der Waals surface area contributed by atoms with Gasteiger partial charge in [-0.3, -0.25) is 0 Å². The highest BCUT2D eigenvalue weighted by atomic mass is 14.9. The zero-order valence-corrected chi connectivity index (χ0v) is 28.9. The van der Waals surface area contributed by atoms with Crippen LogP contribution in [0.5, 0.6) is 0 Å². The van der Waals surface area contributed by atoms with Crippen molar-refractivity contribution in [2.24, 2.45) is 0 Å². The molecule has 0 aliphatic heterocycles. The van der Waals surface area contributed by atoms with Crippen LogP contribution in [0, 0.1) is 0 Å². The Balaban J connectivity index is 1.33. The molecule has 0 amide bonds. The van der Waals surface area contributed by atoms with Crippen LogP contribution in [0.4, 0.5) is 0 Å². The molecule has 0 fully saturated rings. The number of benzene rings is 5. The first-order valence-corrected chi connectivity index (χ1v) is 17.4. The Bertz CT molecular complexity index is 2600. The third-order valence-electron chi connectivity index (χ3n) is 9.24. The largest absolute Gasteiger partial charge is 0.244 e. The molecule has 0 aliphatic carbocycles. The number of hydrogen-bond acceptors (Lipinski definition) is 8. The summed E-state index contributed by atoms with van der Waals surface area (Å²) in [7, 11) is 0. The van der Waals surface area contributed by atoms with Crippen LogP contribution >= 0.6 is 0 Å². The van der Waals surface area contributed by atoms with Gasteiger partial charge in [0.05, 0.1) is 11.4 Å². The van der Waals surface area contributed by atoms with Gasteiger partial charge in [0.2, 0.25) is 0 Å². The first-order chi connectivity index (χ1) is 26.8. The Hall–Kier alpha value is -7.58. The molecule has 254 valence electrons. The fraction of sp³-hybridized carbons (Fsp3) is 0. The monoisotopic (exact) mass is 694 g/mol. The van der Waals surface area contributed by atoms with Crippen LogP contribution in [0.2, 0.25) is 0 Å². The average molecular weight is 695 g/mol. The first-order valence-electron chi connectivity index (χ1n) is 17.4. The van der Waals surface area contributed by atoms with Gasteiger partial charge < -0.3 is 0 Å². The third kappa shape index (κ3) is 6.63. The second-order valence-corrected chi connectivity index (χ2v) is 12.7. The molecule has 9 aromatic rings. The maximum Gasteiger partial charge on any atom is 0.160 e. The van der Waals surface area contributed by atoms with Gasteiger partial charge in [-0.15, -0.1) is 0 Å². The van der Waals surface area contributed by atoms with E-state index in [0.29, 0.717) is 5.82 Å². The summed E-state index contributed by atoms with van der Waals surface area (Å²) in [5.41, 5.74) is 14.1. The molecule has 8 nitrogen and oxygen atoms in total. The molecule has 4 heterocycles. The molecule has 0 N–H and O–H groups in total. The van der Waals surface area contributed by atoms with Crippen molar-refractivity contribution in [2.75, 3.05) is 0 Å². The van der Waals surface area contributed by atoms with E-state index in [9.17, 15) is 0 Å². The molecule has 0 saturated heterocycles. The Morgan fingerprint density at radius 2 is 0.593 bits per heavy atom. The molecule has 5 aromatic carbocycles. The molecule has 0 atom stereocenters. The summed E-state index contributed by atoms with van der Waals surface area (Å²) >= 11 is 0. The predicted molar refractivity (Wildman–Crippen MR) is 212 cm³/mol. The molecule has 0 saturated carbocycles. The summed E-state index contributed by atoms with van der Waals surface area (Å²) in [6.45, 7) is 0. The van der Waals surface area contributed by atoms with Gasteiger partial charge in [0.1, 0.15) is 19.0 Å². The highest BCUT2D eigenvalue weighted by molar-refractivity contribution is 5.94. The lowest BCUT2D eigenvalue weighted by atomic mass is 9.90. The zero-order valence-electron chi connectivity index (χ0n) is 28.9. The minimum atomic E-state index is 0.587. The van der Waals surface area contributed by atoms with E-state index in [-0.39, 0.29) is 0 Å². The fourth-order valence-corrected chi connectivity index (χ4v) is 6.64. The molecule has 0 bridgehead atoms. The van der Waals surface area contributed by atoms with Gasteiger partial charge in [-0.2, -0.15) is 0 Å². The van der Waals surface area contributed by atoms with E-state index in [0.717, 1.165) is 83.7 Å².